The lowest BCUT2D eigenvalue weighted by Gasteiger charge is -2.08. The van der Waals surface area contributed by atoms with Crippen molar-refractivity contribution in [2.75, 3.05) is 0 Å². The SMILES string of the molecule is CC(=O)c1cccc(OCc2ncncc2C(=O)O)c1. The van der Waals surface area contributed by atoms with Crippen LogP contribution >= 0.6 is 0 Å². The largest absolute Gasteiger partial charge is 0.487 e. The minimum atomic E-state index is -1.11. The van der Waals surface area contributed by atoms with Gasteiger partial charge >= 0.3 is 5.97 Å². The van der Waals surface area contributed by atoms with Gasteiger partial charge in [0, 0.05) is 11.8 Å². The average molecular weight is 272 g/mol. The molecule has 1 aromatic carbocycles. The number of ketones is 1. The van der Waals surface area contributed by atoms with E-state index < -0.39 is 5.97 Å². The van der Waals surface area contributed by atoms with Gasteiger partial charge in [-0.05, 0) is 19.1 Å². The van der Waals surface area contributed by atoms with Gasteiger partial charge in [-0.3, -0.25) is 4.79 Å². The van der Waals surface area contributed by atoms with E-state index in [9.17, 15) is 9.59 Å². The Morgan fingerprint density at radius 3 is 2.85 bits per heavy atom. The Hall–Kier alpha value is -2.76. The number of carboxylic acids is 1. The molecule has 0 atom stereocenters. The Morgan fingerprint density at radius 1 is 1.35 bits per heavy atom. The molecule has 0 radical (unpaired) electrons. The van der Waals surface area contributed by atoms with Crippen LogP contribution < -0.4 is 4.74 Å². The number of nitrogens with zero attached hydrogens (tertiary/aromatic N) is 2. The van der Waals surface area contributed by atoms with Crippen LogP contribution in [0.15, 0.2) is 36.8 Å². The predicted molar refractivity (Wildman–Crippen MR) is 69.8 cm³/mol. The van der Waals surface area contributed by atoms with Crippen LogP contribution in [0.2, 0.25) is 0 Å². The molecule has 0 saturated carbocycles. The van der Waals surface area contributed by atoms with Crippen LogP contribution in [-0.2, 0) is 6.61 Å². The Bertz CT molecular complexity index is 655. The molecule has 0 aliphatic carbocycles. The minimum Gasteiger partial charge on any atom is -0.487 e. The topological polar surface area (TPSA) is 89.4 Å². The van der Waals surface area contributed by atoms with Crippen molar-refractivity contribution in [1.29, 1.82) is 0 Å². The lowest BCUT2D eigenvalue weighted by atomic mass is 10.1. The van der Waals surface area contributed by atoms with Gasteiger partial charge in [0.1, 0.15) is 24.2 Å². The predicted octanol–water partition coefficient (Wildman–Crippen LogP) is 1.96. The highest BCUT2D eigenvalue weighted by Gasteiger charge is 2.12. The van der Waals surface area contributed by atoms with E-state index in [4.69, 9.17) is 9.84 Å². The van der Waals surface area contributed by atoms with Crippen molar-refractivity contribution in [3.8, 4) is 5.75 Å². The Kier molecular flexibility index (Phi) is 4.05. The molecule has 20 heavy (non-hydrogen) atoms. The number of carbonyl (C=O) groups excluding carboxylic acids is 1. The van der Waals surface area contributed by atoms with E-state index in [1.165, 1.54) is 19.4 Å². The molecule has 0 fully saturated rings. The van der Waals surface area contributed by atoms with E-state index in [1.807, 2.05) is 0 Å². The lowest BCUT2D eigenvalue weighted by molar-refractivity contribution is 0.0692. The molecule has 1 N–H and O–H groups in total. The molecule has 1 aromatic heterocycles. The van der Waals surface area contributed by atoms with Gasteiger partial charge in [-0.25, -0.2) is 14.8 Å². The number of ether oxygens (including phenoxy) is 1. The molecule has 0 saturated heterocycles. The number of carbonyl (C=O) groups is 2. The summed E-state index contributed by atoms with van der Waals surface area (Å²) in [7, 11) is 0. The normalized spacial score (nSPS) is 10.1. The molecule has 0 aliphatic rings. The first kappa shape index (κ1) is 13.7. The first-order chi connectivity index (χ1) is 9.58. The molecule has 6 nitrogen and oxygen atoms in total. The van der Waals surface area contributed by atoms with Gasteiger partial charge in [0.25, 0.3) is 0 Å². The quantitative estimate of drug-likeness (QED) is 0.837. The number of hydrogen-bond acceptors (Lipinski definition) is 5. The third kappa shape index (κ3) is 3.17. The maximum Gasteiger partial charge on any atom is 0.339 e. The molecule has 2 aromatic rings. The highest BCUT2D eigenvalue weighted by molar-refractivity contribution is 5.94. The summed E-state index contributed by atoms with van der Waals surface area (Å²) in [6.45, 7) is 1.46. The minimum absolute atomic E-state index is 0.00442. The van der Waals surface area contributed by atoms with Crippen molar-refractivity contribution in [1.82, 2.24) is 9.97 Å². The van der Waals surface area contributed by atoms with Crippen LogP contribution in [0.1, 0.15) is 33.3 Å². The molecule has 0 spiro atoms. The van der Waals surface area contributed by atoms with E-state index in [1.54, 1.807) is 24.3 Å². The second kappa shape index (κ2) is 5.92. The van der Waals surface area contributed by atoms with Gasteiger partial charge in [-0.2, -0.15) is 0 Å². The summed E-state index contributed by atoms with van der Waals surface area (Å²) in [5, 5.41) is 9.00. The second-order valence-electron chi connectivity index (χ2n) is 4.06. The van der Waals surface area contributed by atoms with Gasteiger partial charge in [0.05, 0.1) is 5.69 Å². The summed E-state index contributed by atoms with van der Waals surface area (Å²) in [4.78, 5) is 29.8. The Morgan fingerprint density at radius 2 is 2.15 bits per heavy atom. The van der Waals surface area contributed by atoms with Crippen LogP contribution in [0.3, 0.4) is 0 Å². The molecule has 0 aliphatic heterocycles. The van der Waals surface area contributed by atoms with Crippen molar-refractivity contribution < 1.29 is 19.4 Å². The van der Waals surface area contributed by atoms with Crippen LogP contribution in [0.4, 0.5) is 0 Å². The van der Waals surface area contributed by atoms with E-state index >= 15 is 0 Å². The van der Waals surface area contributed by atoms with Crippen molar-refractivity contribution in [2.45, 2.75) is 13.5 Å². The highest BCUT2D eigenvalue weighted by Crippen LogP contribution is 2.16. The molecule has 6 heteroatoms. The summed E-state index contributed by atoms with van der Waals surface area (Å²) in [6, 6.07) is 6.67. The van der Waals surface area contributed by atoms with Crippen LogP contribution in [-0.4, -0.2) is 26.8 Å². The van der Waals surface area contributed by atoms with E-state index in [0.29, 0.717) is 11.3 Å². The van der Waals surface area contributed by atoms with Crippen molar-refractivity contribution >= 4 is 11.8 Å². The zero-order chi connectivity index (χ0) is 14.5. The molecule has 0 unspecified atom stereocenters. The second-order valence-corrected chi connectivity index (χ2v) is 4.06. The van der Waals surface area contributed by atoms with Gasteiger partial charge in [-0.15, -0.1) is 0 Å². The van der Waals surface area contributed by atoms with Crippen molar-refractivity contribution in [2.24, 2.45) is 0 Å². The van der Waals surface area contributed by atoms with E-state index in [0.717, 1.165) is 0 Å². The van der Waals surface area contributed by atoms with E-state index in [-0.39, 0.29) is 23.6 Å². The molecule has 1 heterocycles. The number of hydrogen-bond donors (Lipinski definition) is 1. The fourth-order valence-corrected chi connectivity index (χ4v) is 1.61. The molecular weight excluding hydrogens is 260 g/mol. The summed E-state index contributed by atoms with van der Waals surface area (Å²) in [5.74, 6) is -0.696. The summed E-state index contributed by atoms with van der Waals surface area (Å²) < 4.78 is 5.47. The molecule has 2 rings (SSSR count). The third-order valence-corrected chi connectivity index (χ3v) is 2.64. The number of benzene rings is 1. The first-order valence-corrected chi connectivity index (χ1v) is 5.84. The lowest BCUT2D eigenvalue weighted by Crippen LogP contribution is -2.08. The zero-order valence-corrected chi connectivity index (χ0v) is 10.7. The van der Waals surface area contributed by atoms with Crippen molar-refractivity contribution in [3.05, 3.63) is 53.6 Å². The number of rotatable bonds is 5. The van der Waals surface area contributed by atoms with Crippen LogP contribution in [0, 0.1) is 0 Å². The van der Waals surface area contributed by atoms with E-state index in [2.05, 4.69) is 9.97 Å². The fourth-order valence-electron chi connectivity index (χ4n) is 1.61. The van der Waals surface area contributed by atoms with Gasteiger partial charge in [0.2, 0.25) is 0 Å². The molecule has 0 bridgehead atoms. The number of aromatic carboxylic acids is 1. The number of Topliss-reactive ketones (excluding diaryl/α,β-unsaturated/α-hetero) is 1. The van der Waals surface area contributed by atoms with Crippen LogP contribution in [0.25, 0.3) is 0 Å². The Labute approximate surface area is 115 Å². The smallest absolute Gasteiger partial charge is 0.339 e. The zero-order valence-electron chi connectivity index (χ0n) is 10.7. The van der Waals surface area contributed by atoms with Crippen molar-refractivity contribution in [3.63, 3.8) is 0 Å². The Balaban J connectivity index is 2.15. The monoisotopic (exact) mass is 272 g/mol. The first-order valence-electron chi connectivity index (χ1n) is 5.84. The number of carboxylic acid groups (broad SMARTS) is 1. The van der Waals surface area contributed by atoms with Crippen LogP contribution in [0.5, 0.6) is 5.75 Å². The summed E-state index contributed by atoms with van der Waals surface area (Å²) >= 11 is 0. The average Bonchev–Trinajstić information content (AvgIpc) is 2.45. The van der Waals surface area contributed by atoms with Gasteiger partial charge in [-0.1, -0.05) is 12.1 Å². The van der Waals surface area contributed by atoms with Gasteiger partial charge < -0.3 is 9.84 Å². The summed E-state index contributed by atoms with van der Waals surface area (Å²) in [5.41, 5.74) is 0.805. The number of aromatic nitrogens is 2. The fraction of sp³-hybridized carbons (Fsp3) is 0.143. The van der Waals surface area contributed by atoms with Gasteiger partial charge in [0.15, 0.2) is 5.78 Å². The molecular formula is C14H12N2O4. The molecule has 0 amide bonds. The summed E-state index contributed by atoms with van der Waals surface area (Å²) in [6.07, 6.45) is 2.48. The standard InChI is InChI=1S/C14H12N2O4/c1-9(17)10-3-2-4-11(5-10)20-7-13-12(14(18)19)6-15-8-16-13/h2-6,8H,7H2,1H3,(H,18,19). The maximum absolute atomic E-state index is 11.3. The maximum atomic E-state index is 11.3. The molecule has 102 valence electrons. The third-order valence-electron chi connectivity index (χ3n) is 2.64. The highest BCUT2D eigenvalue weighted by atomic mass is 16.5.